The van der Waals surface area contributed by atoms with Crippen LogP contribution in [0.1, 0.15) is 54.9 Å². The molecule has 4 rings (SSSR count). The Morgan fingerprint density at radius 2 is 1.91 bits per heavy atom. The van der Waals surface area contributed by atoms with E-state index >= 15 is 0 Å². The van der Waals surface area contributed by atoms with Crippen molar-refractivity contribution in [2.45, 2.75) is 57.8 Å². The summed E-state index contributed by atoms with van der Waals surface area (Å²) in [6.45, 7) is 4.82. The summed E-state index contributed by atoms with van der Waals surface area (Å²) >= 11 is 0. The van der Waals surface area contributed by atoms with Gasteiger partial charge in [0.25, 0.3) is 5.89 Å². The first-order valence-electron chi connectivity index (χ1n) is 11.2. The fourth-order valence-electron chi connectivity index (χ4n) is 4.43. The highest BCUT2D eigenvalue weighted by Gasteiger charge is 2.37. The number of carbonyl (C=O) groups excluding carboxylic acids is 3. The molecule has 0 radical (unpaired) electrons. The molecule has 2 aromatic rings. The Balaban J connectivity index is 0.00000342. The summed E-state index contributed by atoms with van der Waals surface area (Å²) in [6, 6.07) is 3.81. The summed E-state index contributed by atoms with van der Waals surface area (Å²) in [5, 5.41) is 6.92. The molecule has 12 heteroatoms. The predicted octanol–water partition coefficient (Wildman–Crippen LogP) is 1.41. The van der Waals surface area contributed by atoms with Crippen molar-refractivity contribution in [1.29, 1.82) is 0 Å². The highest BCUT2D eigenvalue weighted by Crippen LogP contribution is 2.25. The van der Waals surface area contributed by atoms with Crippen molar-refractivity contribution < 1.29 is 23.2 Å². The average molecular weight is 510 g/mol. The van der Waals surface area contributed by atoms with Crippen LogP contribution in [0.3, 0.4) is 0 Å². The summed E-state index contributed by atoms with van der Waals surface area (Å²) in [5.41, 5.74) is 1.06. The van der Waals surface area contributed by atoms with Gasteiger partial charge < -0.3 is 19.5 Å². The van der Waals surface area contributed by atoms with Crippen molar-refractivity contribution in [3.05, 3.63) is 51.6 Å². The van der Waals surface area contributed by atoms with Crippen LogP contribution in [0.15, 0.2) is 27.4 Å². The van der Waals surface area contributed by atoms with Crippen molar-refractivity contribution in [3.63, 3.8) is 0 Å². The molecule has 0 spiro atoms. The quantitative estimate of drug-likeness (QED) is 0.561. The predicted molar refractivity (Wildman–Crippen MR) is 125 cm³/mol. The average Bonchev–Trinajstić information content (AvgIpc) is 3.50. The molecule has 3 heterocycles. The maximum Gasteiger partial charge on any atom is 0.437 e. The van der Waals surface area contributed by atoms with Gasteiger partial charge in [0, 0.05) is 38.6 Å². The molecule has 10 nitrogen and oxygen atoms in total. The highest BCUT2D eigenvalue weighted by atomic mass is 35.5. The Kier molecular flexibility index (Phi) is 7.80. The molecule has 190 valence electrons. The molecular weight excluding hydrogens is 481 g/mol. The van der Waals surface area contributed by atoms with E-state index in [1.807, 2.05) is 13.8 Å². The number of nitrogens with one attached hydrogen (secondary N) is 1. The zero-order chi connectivity index (χ0) is 24.6. The van der Waals surface area contributed by atoms with E-state index in [4.69, 9.17) is 4.42 Å². The summed E-state index contributed by atoms with van der Waals surface area (Å²) in [6.07, 6.45) is 1.26. The summed E-state index contributed by atoms with van der Waals surface area (Å²) in [7, 11) is 1.38. The lowest BCUT2D eigenvalue weighted by Gasteiger charge is -2.30. The zero-order valence-corrected chi connectivity index (χ0v) is 20.7. The molecule has 2 aliphatic heterocycles. The van der Waals surface area contributed by atoms with Gasteiger partial charge in [-0.1, -0.05) is 6.07 Å². The van der Waals surface area contributed by atoms with Crippen LogP contribution in [-0.4, -0.2) is 61.8 Å². The third kappa shape index (κ3) is 5.79. The maximum atomic E-state index is 13.5. The van der Waals surface area contributed by atoms with Crippen LogP contribution in [0, 0.1) is 5.82 Å². The first-order chi connectivity index (χ1) is 16.0. The molecule has 2 aliphatic rings. The van der Waals surface area contributed by atoms with Crippen molar-refractivity contribution >= 4 is 30.0 Å². The number of aromatic nitrogens is 2. The second-order valence-electron chi connectivity index (χ2n) is 9.48. The topological polar surface area (TPSA) is 118 Å². The second kappa shape index (κ2) is 10.3. The number of Topliss-reactive ketones (excluding diaryl/α,β-unsaturated/α-hetero) is 1. The summed E-state index contributed by atoms with van der Waals surface area (Å²) < 4.78 is 19.3. The van der Waals surface area contributed by atoms with Gasteiger partial charge in [-0.15, -0.1) is 17.5 Å². The van der Waals surface area contributed by atoms with E-state index < -0.39 is 23.1 Å². The standard InChI is InChI=1S/C23H28FN5O5.ClH/c1-23(2,10-18(30)28-12-14-6-7-16(24)9-15(14)13-28)25-11-19(31)29-8-4-5-17(29)20(32)21-26-27(3)22(33)34-21;/h6-7,9,17,25H,4-5,8,10-13H2,1-3H3;1H/t17-;/m0./s1. The van der Waals surface area contributed by atoms with E-state index in [1.54, 1.807) is 11.0 Å². The number of nitrogens with zero attached hydrogens (tertiary/aromatic N) is 4. The molecule has 1 aromatic heterocycles. The summed E-state index contributed by atoms with van der Waals surface area (Å²) in [4.78, 5) is 53.1. The third-order valence-corrected chi connectivity index (χ3v) is 6.33. The number of hydrogen-bond donors (Lipinski definition) is 1. The number of rotatable bonds is 7. The Bertz CT molecular complexity index is 1190. The minimum absolute atomic E-state index is 0. The van der Waals surface area contributed by atoms with Crippen molar-refractivity contribution in [1.82, 2.24) is 24.9 Å². The molecule has 1 N–H and O–H groups in total. The SMILES string of the molecule is Cl.Cn1nc(C(=O)[C@@H]2CCCN2C(=O)CNC(C)(C)CC(=O)N2Cc3ccc(F)cc3C2)oc1=O. The van der Waals surface area contributed by atoms with Crippen LogP contribution >= 0.6 is 12.4 Å². The van der Waals surface area contributed by atoms with Crippen molar-refractivity contribution in [3.8, 4) is 0 Å². The van der Waals surface area contributed by atoms with Gasteiger partial charge in [0.2, 0.25) is 17.6 Å². The van der Waals surface area contributed by atoms with Gasteiger partial charge in [0.15, 0.2) is 0 Å². The van der Waals surface area contributed by atoms with Crippen molar-refractivity contribution in [2.24, 2.45) is 7.05 Å². The lowest BCUT2D eigenvalue weighted by atomic mass is 9.99. The fourth-order valence-corrected chi connectivity index (χ4v) is 4.43. The number of ketones is 1. The molecule has 0 saturated carbocycles. The zero-order valence-electron chi connectivity index (χ0n) is 19.9. The van der Waals surface area contributed by atoms with Crippen LogP contribution in [-0.2, 0) is 29.7 Å². The van der Waals surface area contributed by atoms with E-state index in [0.717, 1.165) is 15.8 Å². The molecule has 1 saturated heterocycles. The number of fused-ring (bicyclic) bond motifs is 1. The van der Waals surface area contributed by atoms with Gasteiger partial charge in [-0.25, -0.2) is 9.18 Å². The van der Waals surface area contributed by atoms with E-state index in [9.17, 15) is 23.6 Å². The molecule has 0 bridgehead atoms. The lowest BCUT2D eigenvalue weighted by Crippen LogP contribution is -2.50. The number of hydrogen-bond acceptors (Lipinski definition) is 7. The number of aryl methyl sites for hydroxylation is 1. The first-order valence-corrected chi connectivity index (χ1v) is 11.2. The molecule has 1 fully saturated rings. The first kappa shape index (κ1) is 26.6. The smallest absolute Gasteiger partial charge is 0.384 e. The second-order valence-corrected chi connectivity index (χ2v) is 9.48. The van der Waals surface area contributed by atoms with E-state index in [2.05, 4.69) is 10.4 Å². The van der Waals surface area contributed by atoms with E-state index in [0.29, 0.717) is 32.5 Å². The molecule has 1 aromatic carbocycles. The largest absolute Gasteiger partial charge is 0.437 e. The van der Waals surface area contributed by atoms with Gasteiger partial charge in [-0.05, 0) is 49.9 Å². The normalized spacial score (nSPS) is 17.3. The number of likely N-dealkylation sites (tertiary alicyclic amines) is 1. The highest BCUT2D eigenvalue weighted by molar-refractivity contribution is 5.98. The van der Waals surface area contributed by atoms with Crippen LogP contribution in [0.5, 0.6) is 0 Å². The molecule has 35 heavy (non-hydrogen) atoms. The number of carbonyl (C=O) groups is 3. The Morgan fingerprint density at radius 3 is 2.60 bits per heavy atom. The summed E-state index contributed by atoms with van der Waals surface area (Å²) in [5.74, 6) is -2.23. The Labute approximate surface area is 207 Å². The minimum Gasteiger partial charge on any atom is -0.384 e. The molecule has 0 aliphatic carbocycles. The maximum absolute atomic E-state index is 13.5. The van der Waals surface area contributed by atoms with E-state index in [-0.39, 0.29) is 48.9 Å². The minimum atomic E-state index is -0.737. The van der Waals surface area contributed by atoms with Crippen LogP contribution < -0.4 is 11.1 Å². The van der Waals surface area contributed by atoms with Gasteiger partial charge in [-0.2, -0.15) is 4.68 Å². The molecule has 2 amide bonds. The molecule has 0 unspecified atom stereocenters. The number of benzene rings is 1. The lowest BCUT2D eigenvalue weighted by molar-refractivity contribution is -0.134. The Hall–Kier alpha value is -3.05. The number of halogens is 2. The number of amides is 2. The van der Waals surface area contributed by atoms with Crippen LogP contribution in [0.4, 0.5) is 4.39 Å². The Morgan fingerprint density at radius 1 is 1.20 bits per heavy atom. The van der Waals surface area contributed by atoms with Gasteiger partial charge in [0.1, 0.15) is 11.9 Å². The van der Waals surface area contributed by atoms with Gasteiger partial charge in [-0.3, -0.25) is 14.4 Å². The van der Waals surface area contributed by atoms with E-state index in [1.165, 1.54) is 24.1 Å². The fraction of sp³-hybridized carbons (Fsp3) is 0.522. The molecular formula is C23H29ClFN5O5. The third-order valence-electron chi connectivity index (χ3n) is 6.33. The van der Waals surface area contributed by atoms with Crippen molar-refractivity contribution in [2.75, 3.05) is 13.1 Å². The van der Waals surface area contributed by atoms with Gasteiger partial charge in [0.05, 0.1) is 6.54 Å². The van der Waals surface area contributed by atoms with Crippen LogP contribution in [0.2, 0.25) is 0 Å². The van der Waals surface area contributed by atoms with Crippen LogP contribution in [0.25, 0.3) is 0 Å². The van der Waals surface area contributed by atoms with Gasteiger partial charge >= 0.3 is 5.76 Å². The molecule has 1 atom stereocenters. The monoisotopic (exact) mass is 509 g/mol.